The summed E-state index contributed by atoms with van der Waals surface area (Å²) in [6, 6.07) is 3.76. The fourth-order valence-electron chi connectivity index (χ4n) is 2.58. The zero-order valence-electron chi connectivity index (χ0n) is 10.8. The Morgan fingerprint density at radius 1 is 1.53 bits per heavy atom. The maximum Gasteiger partial charge on any atom is 0.241 e. The lowest BCUT2D eigenvalue weighted by Gasteiger charge is -2.22. The van der Waals surface area contributed by atoms with Crippen LogP contribution in [0.1, 0.15) is 19.2 Å². The molecule has 1 aliphatic rings. The molecule has 0 aliphatic carbocycles. The number of hydrogen-bond donors (Lipinski definition) is 1. The standard InChI is InChI=1S/C13H17N3O3/c1-9-4-5-16(10(9)8-17)7-12-14-13(15-19-12)11-3-2-6-18-11/h2-3,6,9-10,17H,4-5,7-8H2,1H3. The minimum absolute atomic E-state index is 0.167. The smallest absolute Gasteiger partial charge is 0.241 e. The van der Waals surface area contributed by atoms with E-state index in [4.69, 9.17) is 8.94 Å². The molecule has 0 radical (unpaired) electrons. The lowest BCUT2D eigenvalue weighted by atomic mass is 10.0. The summed E-state index contributed by atoms with van der Waals surface area (Å²) in [6.07, 6.45) is 2.67. The van der Waals surface area contributed by atoms with Crippen LogP contribution < -0.4 is 0 Å². The van der Waals surface area contributed by atoms with E-state index in [0.29, 0.717) is 29.9 Å². The summed E-state index contributed by atoms with van der Waals surface area (Å²) in [5.41, 5.74) is 0. The monoisotopic (exact) mass is 263 g/mol. The van der Waals surface area contributed by atoms with Crippen molar-refractivity contribution in [3.63, 3.8) is 0 Å². The molecule has 2 atom stereocenters. The second kappa shape index (κ2) is 5.14. The van der Waals surface area contributed by atoms with Gasteiger partial charge in [-0.25, -0.2) is 0 Å². The molecule has 2 unspecified atom stereocenters. The molecule has 1 aliphatic heterocycles. The van der Waals surface area contributed by atoms with E-state index >= 15 is 0 Å². The average Bonchev–Trinajstić information content (AvgIpc) is 3.11. The van der Waals surface area contributed by atoms with Crippen LogP contribution in [0.15, 0.2) is 27.3 Å². The third kappa shape index (κ3) is 2.41. The van der Waals surface area contributed by atoms with Gasteiger partial charge in [0.15, 0.2) is 5.76 Å². The number of furan rings is 1. The number of aliphatic hydroxyl groups excluding tert-OH is 1. The van der Waals surface area contributed by atoms with E-state index in [-0.39, 0.29) is 12.6 Å². The highest BCUT2D eigenvalue weighted by molar-refractivity contribution is 5.44. The van der Waals surface area contributed by atoms with Crippen molar-refractivity contribution in [2.75, 3.05) is 13.2 Å². The Kier molecular flexibility index (Phi) is 3.35. The van der Waals surface area contributed by atoms with E-state index in [0.717, 1.165) is 13.0 Å². The van der Waals surface area contributed by atoms with Gasteiger partial charge in [-0.2, -0.15) is 4.98 Å². The van der Waals surface area contributed by atoms with Gasteiger partial charge in [-0.15, -0.1) is 0 Å². The van der Waals surface area contributed by atoms with Crippen LogP contribution in [-0.4, -0.2) is 39.3 Å². The quantitative estimate of drug-likeness (QED) is 0.901. The van der Waals surface area contributed by atoms with E-state index in [1.807, 2.05) is 0 Å². The molecule has 0 saturated carbocycles. The minimum Gasteiger partial charge on any atom is -0.461 e. The molecule has 1 fully saturated rings. The second-order valence-corrected chi connectivity index (χ2v) is 4.98. The first-order valence-corrected chi connectivity index (χ1v) is 6.49. The zero-order valence-corrected chi connectivity index (χ0v) is 10.8. The fraction of sp³-hybridized carbons (Fsp3) is 0.538. The van der Waals surface area contributed by atoms with Crippen LogP contribution in [0.4, 0.5) is 0 Å². The number of rotatable bonds is 4. The first kappa shape index (κ1) is 12.4. The number of aliphatic hydroxyl groups is 1. The Balaban J connectivity index is 1.71. The molecule has 1 saturated heterocycles. The molecule has 1 N–H and O–H groups in total. The summed E-state index contributed by atoms with van der Waals surface area (Å²) >= 11 is 0. The molecule has 3 rings (SSSR count). The van der Waals surface area contributed by atoms with Crippen LogP contribution >= 0.6 is 0 Å². The molecule has 102 valence electrons. The van der Waals surface area contributed by atoms with Gasteiger partial charge in [-0.1, -0.05) is 12.1 Å². The van der Waals surface area contributed by atoms with Gasteiger partial charge in [-0.3, -0.25) is 4.90 Å². The molecule has 0 aromatic carbocycles. The second-order valence-electron chi connectivity index (χ2n) is 4.98. The first-order chi connectivity index (χ1) is 9.28. The number of hydrogen-bond acceptors (Lipinski definition) is 6. The van der Waals surface area contributed by atoms with Crippen molar-refractivity contribution in [1.82, 2.24) is 15.0 Å². The third-order valence-corrected chi connectivity index (χ3v) is 3.73. The predicted molar refractivity (Wildman–Crippen MR) is 67.1 cm³/mol. The Bertz CT molecular complexity index is 523. The highest BCUT2D eigenvalue weighted by atomic mass is 16.5. The lowest BCUT2D eigenvalue weighted by molar-refractivity contribution is 0.123. The van der Waals surface area contributed by atoms with Crippen LogP contribution in [0.2, 0.25) is 0 Å². The SMILES string of the molecule is CC1CCN(Cc2nc(-c3ccco3)no2)C1CO. The highest BCUT2D eigenvalue weighted by Gasteiger charge is 2.31. The fourth-order valence-corrected chi connectivity index (χ4v) is 2.58. The van der Waals surface area contributed by atoms with E-state index in [1.54, 1.807) is 18.4 Å². The highest BCUT2D eigenvalue weighted by Crippen LogP contribution is 2.25. The van der Waals surface area contributed by atoms with E-state index < -0.39 is 0 Å². The van der Waals surface area contributed by atoms with Crippen molar-refractivity contribution in [1.29, 1.82) is 0 Å². The van der Waals surface area contributed by atoms with E-state index in [9.17, 15) is 5.11 Å². The maximum absolute atomic E-state index is 9.42. The Hall–Kier alpha value is -1.66. The summed E-state index contributed by atoms with van der Waals surface area (Å²) in [7, 11) is 0. The van der Waals surface area contributed by atoms with Crippen LogP contribution in [0, 0.1) is 5.92 Å². The molecular formula is C13H17N3O3. The largest absolute Gasteiger partial charge is 0.461 e. The van der Waals surface area contributed by atoms with Crippen LogP contribution in [0.3, 0.4) is 0 Å². The summed E-state index contributed by atoms with van der Waals surface area (Å²) in [5, 5.41) is 13.3. The maximum atomic E-state index is 9.42. The van der Waals surface area contributed by atoms with Crippen molar-refractivity contribution in [2.24, 2.45) is 5.92 Å². The molecule has 0 amide bonds. The number of likely N-dealkylation sites (tertiary alicyclic amines) is 1. The summed E-state index contributed by atoms with van der Waals surface area (Å²) in [5.74, 6) is 2.12. The van der Waals surface area contributed by atoms with Gasteiger partial charge in [0, 0.05) is 6.04 Å². The summed E-state index contributed by atoms with van der Waals surface area (Å²) < 4.78 is 10.5. The summed E-state index contributed by atoms with van der Waals surface area (Å²) in [4.78, 5) is 6.50. The number of nitrogens with zero attached hydrogens (tertiary/aromatic N) is 3. The lowest BCUT2D eigenvalue weighted by Crippen LogP contribution is -2.34. The molecule has 3 heterocycles. The van der Waals surface area contributed by atoms with Gasteiger partial charge in [-0.05, 0) is 31.0 Å². The van der Waals surface area contributed by atoms with Gasteiger partial charge < -0.3 is 14.0 Å². The van der Waals surface area contributed by atoms with Crippen molar-refractivity contribution >= 4 is 0 Å². The van der Waals surface area contributed by atoms with E-state index in [2.05, 4.69) is 22.0 Å². The average molecular weight is 263 g/mol. The van der Waals surface area contributed by atoms with E-state index in [1.165, 1.54) is 0 Å². The van der Waals surface area contributed by atoms with Crippen molar-refractivity contribution < 1.29 is 14.0 Å². The third-order valence-electron chi connectivity index (χ3n) is 3.73. The number of aromatic nitrogens is 2. The van der Waals surface area contributed by atoms with Crippen LogP contribution in [-0.2, 0) is 6.54 Å². The Morgan fingerprint density at radius 3 is 3.16 bits per heavy atom. The minimum atomic E-state index is 0.167. The van der Waals surface area contributed by atoms with Gasteiger partial charge in [0.1, 0.15) is 0 Å². The molecule has 19 heavy (non-hydrogen) atoms. The molecule has 2 aromatic heterocycles. The Morgan fingerprint density at radius 2 is 2.42 bits per heavy atom. The molecule has 0 spiro atoms. The molecule has 6 nitrogen and oxygen atoms in total. The van der Waals surface area contributed by atoms with Gasteiger partial charge in [0.25, 0.3) is 0 Å². The molecule has 0 bridgehead atoms. The van der Waals surface area contributed by atoms with Crippen LogP contribution in [0.5, 0.6) is 0 Å². The first-order valence-electron chi connectivity index (χ1n) is 6.49. The van der Waals surface area contributed by atoms with Gasteiger partial charge >= 0.3 is 0 Å². The van der Waals surface area contributed by atoms with Crippen molar-refractivity contribution in [2.45, 2.75) is 25.9 Å². The van der Waals surface area contributed by atoms with Crippen molar-refractivity contribution in [3.8, 4) is 11.6 Å². The van der Waals surface area contributed by atoms with Gasteiger partial charge in [0.05, 0.1) is 19.4 Å². The molecule has 6 heteroatoms. The van der Waals surface area contributed by atoms with Crippen molar-refractivity contribution in [3.05, 3.63) is 24.3 Å². The molecular weight excluding hydrogens is 246 g/mol. The van der Waals surface area contributed by atoms with Crippen LogP contribution in [0.25, 0.3) is 11.6 Å². The topological polar surface area (TPSA) is 75.5 Å². The normalized spacial score (nSPS) is 24.1. The predicted octanol–water partition coefficient (Wildman–Crippen LogP) is 1.53. The molecule has 2 aromatic rings. The van der Waals surface area contributed by atoms with Gasteiger partial charge in [0.2, 0.25) is 11.7 Å². The zero-order chi connectivity index (χ0) is 13.2. The Labute approximate surface area is 111 Å². The summed E-state index contributed by atoms with van der Waals surface area (Å²) in [6.45, 7) is 3.84.